The highest BCUT2D eigenvalue weighted by molar-refractivity contribution is 7.88. The lowest BCUT2D eigenvalue weighted by Gasteiger charge is -2.33. The van der Waals surface area contributed by atoms with Gasteiger partial charge in [0.1, 0.15) is 0 Å². The molecule has 0 aliphatic carbocycles. The first-order valence-electron chi connectivity index (χ1n) is 7.33. The van der Waals surface area contributed by atoms with Gasteiger partial charge in [0, 0.05) is 25.6 Å². The van der Waals surface area contributed by atoms with Crippen LogP contribution in [0.1, 0.15) is 45.4 Å². The molecular weight excluding hydrogens is 276 g/mol. The topological polar surface area (TPSA) is 66.5 Å². The molecule has 1 N–H and O–H groups in total. The first-order chi connectivity index (χ1) is 9.45. The molecule has 5 nitrogen and oxygen atoms in total. The van der Waals surface area contributed by atoms with E-state index in [0.717, 1.165) is 25.7 Å². The first-order valence-corrected chi connectivity index (χ1v) is 9.18. The summed E-state index contributed by atoms with van der Waals surface area (Å²) in [4.78, 5) is 11.5. The smallest absolute Gasteiger partial charge is 0.223 e. The van der Waals surface area contributed by atoms with Crippen LogP contribution in [0.15, 0.2) is 12.2 Å². The van der Waals surface area contributed by atoms with Crippen LogP contribution in [0.2, 0.25) is 0 Å². The minimum absolute atomic E-state index is 0.00332. The molecule has 0 bridgehead atoms. The number of carbonyl (C=O) groups is 1. The molecule has 1 aliphatic rings. The fourth-order valence-corrected chi connectivity index (χ4v) is 3.72. The van der Waals surface area contributed by atoms with Crippen LogP contribution in [0.3, 0.4) is 0 Å². The van der Waals surface area contributed by atoms with E-state index in [4.69, 9.17) is 0 Å². The van der Waals surface area contributed by atoms with E-state index in [1.54, 1.807) is 4.31 Å². The van der Waals surface area contributed by atoms with Gasteiger partial charge in [0.15, 0.2) is 0 Å². The van der Waals surface area contributed by atoms with Crippen LogP contribution >= 0.6 is 0 Å². The van der Waals surface area contributed by atoms with Gasteiger partial charge in [-0.2, -0.15) is 4.31 Å². The molecule has 1 rings (SSSR count). The Kier molecular flexibility index (Phi) is 7.23. The second-order valence-corrected chi connectivity index (χ2v) is 7.18. The second kappa shape index (κ2) is 8.42. The first kappa shape index (κ1) is 17.2. The molecule has 0 spiro atoms. The number of sulfonamides is 1. The van der Waals surface area contributed by atoms with Crippen molar-refractivity contribution < 1.29 is 13.2 Å². The van der Waals surface area contributed by atoms with Crippen molar-refractivity contribution in [3.05, 3.63) is 12.2 Å². The normalized spacial score (nSPS) is 21.2. The summed E-state index contributed by atoms with van der Waals surface area (Å²) in [6.07, 6.45) is 9.98. The molecule has 1 heterocycles. The molecule has 116 valence electrons. The Morgan fingerprint density at radius 1 is 1.35 bits per heavy atom. The Balaban J connectivity index is 2.36. The van der Waals surface area contributed by atoms with Crippen LogP contribution in [0.4, 0.5) is 0 Å². The average Bonchev–Trinajstić information content (AvgIpc) is 2.38. The number of nitrogens with zero attached hydrogens (tertiary/aromatic N) is 1. The van der Waals surface area contributed by atoms with E-state index in [9.17, 15) is 13.2 Å². The van der Waals surface area contributed by atoms with Crippen molar-refractivity contribution in [1.82, 2.24) is 9.62 Å². The molecule has 0 saturated carbocycles. The summed E-state index contributed by atoms with van der Waals surface area (Å²) in [5.41, 5.74) is 0. The van der Waals surface area contributed by atoms with Gasteiger partial charge in [-0.25, -0.2) is 8.42 Å². The van der Waals surface area contributed by atoms with Crippen LogP contribution in [-0.4, -0.2) is 44.0 Å². The van der Waals surface area contributed by atoms with E-state index >= 15 is 0 Å². The van der Waals surface area contributed by atoms with E-state index in [-0.39, 0.29) is 11.9 Å². The lowest BCUT2D eigenvalue weighted by Crippen LogP contribution is -2.44. The Morgan fingerprint density at radius 2 is 2.10 bits per heavy atom. The highest BCUT2D eigenvalue weighted by Crippen LogP contribution is 2.21. The third kappa shape index (κ3) is 6.05. The predicted molar refractivity (Wildman–Crippen MR) is 80.9 cm³/mol. The van der Waals surface area contributed by atoms with E-state index in [2.05, 4.69) is 5.32 Å². The van der Waals surface area contributed by atoms with Gasteiger partial charge in [-0.05, 0) is 25.7 Å². The molecule has 20 heavy (non-hydrogen) atoms. The number of rotatable bonds is 7. The monoisotopic (exact) mass is 302 g/mol. The second-order valence-electron chi connectivity index (χ2n) is 5.25. The molecule has 1 amide bonds. The average molecular weight is 302 g/mol. The molecule has 1 atom stereocenters. The molecule has 6 heteroatoms. The van der Waals surface area contributed by atoms with Gasteiger partial charge in [-0.15, -0.1) is 0 Å². The SMILES string of the molecule is CC/C=C/CC(=O)NCC[C@H]1CCCCN1S(C)(=O)=O. The van der Waals surface area contributed by atoms with Crippen molar-refractivity contribution >= 4 is 15.9 Å². The fourth-order valence-electron chi connectivity index (χ4n) is 2.51. The number of allylic oxidation sites excluding steroid dienone is 1. The van der Waals surface area contributed by atoms with Crippen molar-refractivity contribution in [2.45, 2.75) is 51.5 Å². The predicted octanol–water partition coefficient (Wildman–Crippen LogP) is 1.66. The van der Waals surface area contributed by atoms with Gasteiger partial charge >= 0.3 is 0 Å². The van der Waals surface area contributed by atoms with Crippen LogP contribution < -0.4 is 5.32 Å². The minimum atomic E-state index is -3.13. The van der Waals surface area contributed by atoms with Crippen LogP contribution in [0, 0.1) is 0 Å². The van der Waals surface area contributed by atoms with Gasteiger partial charge in [0.05, 0.1) is 6.26 Å². The highest BCUT2D eigenvalue weighted by Gasteiger charge is 2.28. The maximum Gasteiger partial charge on any atom is 0.223 e. The zero-order chi connectivity index (χ0) is 15.0. The number of amides is 1. The van der Waals surface area contributed by atoms with E-state index in [0.29, 0.717) is 25.9 Å². The summed E-state index contributed by atoms with van der Waals surface area (Å²) < 4.78 is 25.0. The third-order valence-electron chi connectivity index (χ3n) is 3.50. The van der Waals surface area contributed by atoms with Gasteiger partial charge < -0.3 is 5.32 Å². The van der Waals surface area contributed by atoms with E-state index < -0.39 is 10.0 Å². The van der Waals surface area contributed by atoms with E-state index in [1.165, 1.54) is 6.26 Å². The Labute approximate surface area is 122 Å². The Morgan fingerprint density at radius 3 is 2.75 bits per heavy atom. The summed E-state index contributed by atoms with van der Waals surface area (Å²) >= 11 is 0. The lowest BCUT2D eigenvalue weighted by molar-refractivity contribution is -0.120. The number of hydrogen-bond acceptors (Lipinski definition) is 3. The van der Waals surface area contributed by atoms with Crippen molar-refractivity contribution in [3.63, 3.8) is 0 Å². The largest absolute Gasteiger partial charge is 0.356 e. The summed E-state index contributed by atoms with van der Waals surface area (Å²) in [6, 6.07) is 0.0326. The molecule has 1 fully saturated rings. The Bertz CT molecular complexity index is 432. The zero-order valence-electron chi connectivity index (χ0n) is 12.5. The highest BCUT2D eigenvalue weighted by atomic mass is 32.2. The van der Waals surface area contributed by atoms with Crippen LogP contribution in [0.5, 0.6) is 0 Å². The van der Waals surface area contributed by atoms with Crippen molar-refractivity contribution in [1.29, 1.82) is 0 Å². The summed E-state index contributed by atoms with van der Waals surface area (Å²) in [7, 11) is -3.13. The number of piperidine rings is 1. The summed E-state index contributed by atoms with van der Waals surface area (Å²) in [5, 5.41) is 2.85. The summed E-state index contributed by atoms with van der Waals surface area (Å²) in [5.74, 6) is -0.00332. The van der Waals surface area contributed by atoms with Crippen molar-refractivity contribution in [2.24, 2.45) is 0 Å². The molecule has 0 aromatic carbocycles. The molecule has 0 unspecified atom stereocenters. The maximum absolute atomic E-state index is 11.7. The van der Waals surface area contributed by atoms with Crippen molar-refractivity contribution in [3.8, 4) is 0 Å². The number of nitrogens with one attached hydrogen (secondary N) is 1. The van der Waals surface area contributed by atoms with Crippen LogP contribution in [-0.2, 0) is 14.8 Å². The minimum Gasteiger partial charge on any atom is -0.356 e. The van der Waals surface area contributed by atoms with Gasteiger partial charge in [-0.3, -0.25) is 4.79 Å². The fraction of sp³-hybridized carbons (Fsp3) is 0.786. The van der Waals surface area contributed by atoms with Gasteiger partial charge in [0.25, 0.3) is 0 Å². The standard InChI is InChI=1S/C14H26N2O3S/c1-3-4-5-9-14(17)15-11-10-13-8-6-7-12-16(13)20(2,18)19/h4-5,13H,3,6-12H2,1-2H3,(H,15,17)/b5-4+/t13-/m1/s1. The van der Waals surface area contributed by atoms with Crippen LogP contribution in [0.25, 0.3) is 0 Å². The maximum atomic E-state index is 11.7. The van der Waals surface area contributed by atoms with Gasteiger partial charge in [0.2, 0.25) is 15.9 Å². The number of carbonyl (C=O) groups excluding carboxylic acids is 1. The molecule has 0 aromatic heterocycles. The third-order valence-corrected chi connectivity index (χ3v) is 4.84. The summed E-state index contributed by atoms with van der Waals surface area (Å²) in [6.45, 7) is 3.17. The lowest BCUT2D eigenvalue weighted by atomic mass is 10.0. The van der Waals surface area contributed by atoms with Gasteiger partial charge in [-0.1, -0.05) is 25.5 Å². The quantitative estimate of drug-likeness (QED) is 0.727. The molecule has 0 radical (unpaired) electrons. The molecule has 0 aromatic rings. The zero-order valence-corrected chi connectivity index (χ0v) is 13.3. The molecule has 1 saturated heterocycles. The number of hydrogen-bond donors (Lipinski definition) is 1. The van der Waals surface area contributed by atoms with E-state index in [1.807, 2.05) is 19.1 Å². The molecular formula is C14H26N2O3S. The van der Waals surface area contributed by atoms with Crippen molar-refractivity contribution in [2.75, 3.05) is 19.3 Å². The Hall–Kier alpha value is -0.880. The molecule has 1 aliphatic heterocycles.